The molecule has 7 heteroatoms. The molecule has 3 rings (SSSR count). The number of carboxylic acid groups (broad SMARTS) is 1. The van der Waals surface area contributed by atoms with Gasteiger partial charge >= 0.3 is 6.09 Å². The predicted molar refractivity (Wildman–Crippen MR) is 94.0 cm³/mol. The van der Waals surface area contributed by atoms with Gasteiger partial charge in [-0.15, -0.1) is 0 Å². The van der Waals surface area contributed by atoms with Gasteiger partial charge in [0.2, 0.25) is 5.78 Å². The van der Waals surface area contributed by atoms with Crippen molar-refractivity contribution in [1.29, 1.82) is 0 Å². The Bertz CT molecular complexity index is 766. The molecule has 0 atom stereocenters. The van der Waals surface area contributed by atoms with Crippen molar-refractivity contribution in [2.24, 2.45) is 5.92 Å². The molecule has 2 aromatic rings. The van der Waals surface area contributed by atoms with Crippen molar-refractivity contribution < 1.29 is 14.7 Å². The molecule has 1 aliphatic heterocycles. The van der Waals surface area contributed by atoms with Gasteiger partial charge in [-0.2, -0.15) is 0 Å². The molecular weight excluding hydrogens is 342 g/mol. The minimum Gasteiger partial charge on any atom is -0.465 e. The highest BCUT2D eigenvalue weighted by Gasteiger charge is 2.29. The largest absolute Gasteiger partial charge is 0.465 e. The maximum Gasteiger partial charge on any atom is 0.407 e. The van der Waals surface area contributed by atoms with Gasteiger partial charge in [-0.05, 0) is 37.0 Å². The summed E-state index contributed by atoms with van der Waals surface area (Å²) in [5.41, 5.74) is 1.11. The maximum atomic E-state index is 12.8. The third kappa shape index (κ3) is 4.20. The summed E-state index contributed by atoms with van der Waals surface area (Å²) in [5.74, 6) is 0.292. The zero-order valence-corrected chi connectivity index (χ0v) is 14.5. The van der Waals surface area contributed by atoms with Gasteiger partial charge in [0.25, 0.3) is 0 Å². The van der Waals surface area contributed by atoms with Crippen molar-refractivity contribution in [1.82, 2.24) is 14.5 Å². The van der Waals surface area contributed by atoms with Crippen LogP contribution in [0.25, 0.3) is 0 Å². The molecule has 0 aliphatic carbocycles. The van der Waals surface area contributed by atoms with Gasteiger partial charge in [0.15, 0.2) is 5.82 Å². The van der Waals surface area contributed by atoms with Crippen LogP contribution in [0.4, 0.5) is 4.79 Å². The van der Waals surface area contributed by atoms with E-state index in [2.05, 4.69) is 4.98 Å². The second-order valence-electron chi connectivity index (χ2n) is 6.23. The van der Waals surface area contributed by atoms with Gasteiger partial charge in [-0.3, -0.25) is 4.79 Å². The fourth-order valence-corrected chi connectivity index (χ4v) is 3.39. The van der Waals surface area contributed by atoms with Gasteiger partial charge in [-0.1, -0.05) is 23.7 Å². The first-order chi connectivity index (χ1) is 12.0. The SMILES string of the molecule is O=C(c1nccn1CCc1cccc(Cl)c1)C1CCN(C(=O)O)CC1. The van der Waals surface area contributed by atoms with E-state index in [1.165, 1.54) is 4.90 Å². The standard InChI is InChI=1S/C18H20ClN3O3/c19-15-3-1-2-13(12-15)4-8-21-11-7-20-17(21)16(23)14-5-9-22(10-6-14)18(24)25/h1-3,7,11-12,14H,4-6,8-10H2,(H,24,25). The average Bonchev–Trinajstić information content (AvgIpc) is 3.08. The summed E-state index contributed by atoms with van der Waals surface area (Å²) in [6.07, 6.45) is 4.38. The number of carbonyl (C=O) groups excluding carboxylic acids is 1. The van der Waals surface area contributed by atoms with Gasteiger partial charge in [0, 0.05) is 43.0 Å². The van der Waals surface area contributed by atoms with Gasteiger partial charge in [0.1, 0.15) is 0 Å². The number of likely N-dealkylation sites (tertiary alicyclic amines) is 1. The molecule has 2 heterocycles. The normalized spacial score (nSPS) is 15.3. The summed E-state index contributed by atoms with van der Waals surface area (Å²) < 4.78 is 1.87. The highest BCUT2D eigenvalue weighted by Crippen LogP contribution is 2.21. The summed E-state index contributed by atoms with van der Waals surface area (Å²) in [7, 11) is 0. The summed E-state index contributed by atoms with van der Waals surface area (Å²) in [6.45, 7) is 1.44. The number of ketones is 1. The molecule has 6 nitrogen and oxygen atoms in total. The summed E-state index contributed by atoms with van der Waals surface area (Å²) in [6, 6.07) is 7.67. The molecule has 1 aliphatic rings. The Labute approximate surface area is 151 Å². The van der Waals surface area contributed by atoms with Crippen LogP contribution in [-0.2, 0) is 13.0 Å². The van der Waals surface area contributed by atoms with Crippen LogP contribution in [0, 0.1) is 5.92 Å². The molecule has 0 saturated carbocycles. The number of nitrogens with zero attached hydrogens (tertiary/aromatic N) is 3. The fourth-order valence-electron chi connectivity index (χ4n) is 3.17. The lowest BCUT2D eigenvalue weighted by molar-refractivity contribution is 0.0807. The Hall–Kier alpha value is -2.34. The van der Waals surface area contributed by atoms with Crippen LogP contribution >= 0.6 is 11.6 Å². The number of rotatable bonds is 5. The smallest absolute Gasteiger partial charge is 0.407 e. The highest BCUT2D eigenvalue weighted by molar-refractivity contribution is 6.30. The van der Waals surface area contributed by atoms with Gasteiger partial charge < -0.3 is 14.6 Å². The van der Waals surface area contributed by atoms with Crippen LogP contribution < -0.4 is 0 Å². The molecule has 25 heavy (non-hydrogen) atoms. The van der Waals surface area contributed by atoms with Crippen molar-refractivity contribution in [2.75, 3.05) is 13.1 Å². The zero-order chi connectivity index (χ0) is 17.8. The van der Waals surface area contributed by atoms with E-state index in [0.29, 0.717) is 43.3 Å². The number of hydrogen-bond donors (Lipinski definition) is 1. The van der Waals surface area contributed by atoms with E-state index >= 15 is 0 Å². The van der Waals surface area contributed by atoms with Crippen molar-refractivity contribution in [3.05, 3.63) is 53.1 Å². The molecule has 132 valence electrons. The van der Waals surface area contributed by atoms with Gasteiger partial charge in [-0.25, -0.2) is 9.78 Å². The van der Waals surface area contributed by atoms with Crippen molar-refractivity contribution in [3.8, 4) is 0 Å². The first-order valence-electron chi connectivity index (χ1n) is 8.32. The Balaban J connectivity index is 1.63. The van der Waals surface area contributed by atoms with E-state index in [0.717, 1.165) is 12.0 Å². The minimum atomic E-state index is -0.922. The van der Waals surface area contributed by atoms with Crippen molar-refractivity contribution in [3.63, 3.8) is 0 Å². The van der Waals surface area contributed by atoms with Crippen LogP contribution in [0.1, 0.15) is 29.0 Å². The molecule has 0 unspecified atom stereocenters. The first-order valence-corrected chi connectivity index (χ1v) is 8.70. The zero-order valence-electron chi connectivity index (χ0n) is 13.8. The van der Waals surface area contributed by atoms with E-state index in [1.807, 2.05) is 35.0 Å². The Morgan fingerprint density at radius 1 is 1.28 bits per heavy atom. The van der Waals surface area contributed by atoms with Crippen LogP contribution in [0.5, 0.6) is 0 Å². The second-order valence-corrected chi connectivity index (χ2v) is 6.67. The number of benzene rings is 1. The second kappa shape index (κ2) is 7.70. The van der Waals surface area contributed by atoms with Gasteiger partial charge in [0.05, 0.1) is 0 Å². The van der Waals surface area contributed by atoms with Crippen LogP contribution in [0.2, 0.25) is 5.02 Å². The lowest BCUT2D eigenvalue weighted by Crippen LogP contribution is -2.39. The molecule has 1 aromatic heterocycles. The number of halogens is 1. The van der Waals surface area contributed by atoms with Crippen LogP contribution in [0.15, 0.2) is 36.7 Å². The molecule has 0 radical (unpaired) electrons. The monoisotopic (exact) mass is 361 g/mol. The lowest BCUT2D eigenvalue weighted by atomic mass is 9.92. The number of Topliss-reactive ketones (excluding diaryl/α,β-unsaturated/α-hetero) is 1. The number of aromatic nitrogens is 2. The third-order valence-electron chi connectivity index (χ3n) is 4.60. The third-order valence-corrected chi connectivity index (χ3v) is 4.84. The topological polar surface area (TPSA) is 75.4 Å². The molecule has 0 spiro atoms. The molecule has 1 saturated heterocycles. The number of piperidine rings is 1. The first kappa shape index (κ1) is 17.5. The lowest BCUT2D eigenvalue weighted by Gasteiger charge is -2.28. The molecule has 1 fully saturated rings. The van der Waals surface area contributed by atoms with Crippen LogP contribution in [0.3, 0.4) is 0 Å². The van der Waals surface area contributed by atoms with E-state index < -0.39 is 6.09 Å². The number of carbonyl (C=O) groups is 2. The van der Waals surface area contributed by atoms with E-state index in [-0.39, 0.29) is 11.7 Å². The Morgan fingerprint density at radius 2 is 2.04 bits per heavy atom. The Morgan fingerprint density at radius 3 is 2.72 bits per heavy atom. The molecule has 0 bridgehead atoms. The molecule has 1 aromatic carbocycles. The highest BCUT2D eigenvalue weighted by atomic mass is 35.5. The molecule has 1 N–H and O–H groups in total. The quantitative estimate of drug-likeness (QED) is 0.828. The maximum absolute atomic E-state index is 12.8. The summed E-state index contributed by atoms with van der Waals surface area (Å²) in [4.78, 5) is 29.3. The van der Waals surface area contributed by atoms with Crippen LogP contribution in [-0.4, -0.2) is 44.5 Å². The number of imidazole rings is 1. The molecule has 1 amide bonds. The average molecular weight is 362 g/mol. The summed E-state index contributed by atoms with van der Waals surface area (Å²) >= 11 is 6.00. The van der Waals surface area contributed by atoms with Crippen molar-refractivity contribution in [2.45, 2.75) is 25.8 Å². The summed E-state index contributed by atoms with van der Waals surface area (Å²) in [5, 5.41) is 9.70. The Kier molecular flexibility index (Phi) is 5.38. The van der Waals surface area contributed by atoms with Crippen molar-refractivity contribution >= 4 is 23.5 Å². The predicted octanol–water partition coefficient (Wildman–Crippen LogP) is 3.35. The number of hydrogen-bond acceptors (Lipinski definition) is 3. The van der Waals surface area contributed by atoms with E-state index in [1.54, 1.807) is 6.20 Å². The minimum absolute atomic E-state index is 0.00105. The fraction of sp³-hybridized carbons (Fsp3) is 0.389. The van der Waals surface area contributed by atoms with E-state index in [4.69, 9.17) is 16.7 Å². The number of aryl methyl sites for hydroxylation is 2. The van der Waals surface area contributed by atoms with E-state index in [9.17, 15) is 9.59 Å². The number of amides is 1. The molecular formula is C18H20ClN3O3.